The van der Waals surface area contributed by atoms with Gasteiger partial charge in [-0.25, -0.2) is 4.98 Å². The minimum absolute atomic E-state index is 0.128. The lowest BCUT2D eigenvalue weighted by Crippen LogP contribution is -2.24. The molecule has 122 valence electrons. The summed E-state index contributed by atoms with van der Waals surface area (Å²) in [6, 6.07) is 0. The van der Waals surface area contributed by atoms with Gasteiger partial charge in [0, 0.05) is 41.4 Å². The van der Waals surface area contributed by atoms with Crippen LogP contribution in [0.25, 0.3) is 6.08 Å². The van der Waals surface area contributed by atoms with Crippen LogP contribution in [0.3, 0.4) is 0 Å². The van der Waals surface area contributed by atoms with Crippen molar-refractivity contribution < 1.29 is 9.59 Å². The molecule has 1 aliphatic heterocycles. The van der Waals surface area contributed by atoms with Crippen molar-refractivity contribution in [3.8, 4) is 12.3 Å². The summed E-state index contributed by atoms with van der Waals surface area (Å²) in [6.45, 7) is 3.95. The number of nitrogens with one attached hydrogen (secondary N) is 3. The van der Waals surface area contributed by atoms with Gasteiger partial charge in [-0.3, -0.25) is 9.59 Å². The Morgan fingerprint density at radius 1 is 1.54 bits per heavy atom. The SMILES string of the molecule is C#CC(=O)NC1=CC=C2NC(=O)/C(=C\c3nc(CC)[nH]c3C)C2C1. The van der Waals surface area contributed by atoms with E-state index in [4.69, 9.17) is 6.42 Å². The molecule has 1 atom stereocenters. The van der Waals surface area contributed by atoms with Crippen molar-refractivity contribution in [2.24, 2.45) is 5.92 Å². The quantitative estimate of drug-likeness (QED) is 0.579. The van der Waals surface area contributed by atoms with Gasteiger partial charge in [0.1, 0.15) is 5.82 Å². The molecule has 2 aliphatic rings. The number of imidazole rings is 1. The van der Waals surface area contributed by atoms with E-state index in [1.54, 1.807) is 12.2 Å². The number of terminal acetylenes is 1. The van der Waals surface area contributed by atoms with Gasteiger partial charge in [0.05, 0.1) is 5.69 Å². The Hall–Kier alpha value is -3.07. The maximum absolute atomic E-state index is 12.3. The number of amides is 2. The first-order valence-electron chi connectivity index (χ1n) is 7.78. The number of hydrogen-bond donors (Lipinski definition) is 3. The monoisotopic (exact) mass is 322 g/mol. The minimum Gasteiger partial charge on any atom is -0.346 e. The van der Waals surface area contributed by atoms with Gasteiger partial charge < -0.3 is 15.6 Å². The first-order chi connectivity index (χ1) is 11.5. The second-order valence-electron chi connectivity index (χ2n) is 5.77. The number of fused-ring (bicyclic) bond motifs is 1. The number of carbonyl (C=O) groups is 2. The molecule has 6 heteroatoms. The van der Waals surface area contributed by atoms with Crippen LogP contribution >= 0.6 is 0 Å². The summed E-state index contributed by atoms with van der Waals surface area (Å²) in [5.74, 6) is 2.16. The van der Waals surface area contributed by atoms with Gasteiger partial charge in [-0.05, 0) is 31.1 Å². The zero-order chi connectivity index (χ0) is 17.3. The summed E-state index contributed by atoms with van der Waals surface area (Å²) in [5.41, 5.74) is 3.86. The van der Waals surface area contributed by atoms with Crippen molar-refractivity contribution in [1.82, 2.24) is 20.6 Å². The standard InChI is InChI=1S/C18H18N4O2/c1-4-16-19-10(3)15(21-16)9-13-12-8-11(20-17(23)5-2)6-7-14(12)22-18(13)24/h2,6-7,9,12H,4,8H2,1,3H3,(H,19,21)(H,20,23)(H,22,24)/b13-9-. The number of carbonyl (C=O) groups excluding carboxylic acids is 2. The molecule has 1 aromatic heterocycles. The highest BCUT2D eigenvalue weighted by Gasteiger charge is 2.35. The van der Waals surface area contributed by atoms with Crippen molar-refractivity contribution in [1.29, 1.82) is 0 Å². The summed E-state index contributed by atoms with van der Waals surface area (Å²) in [7, 11) is 0. The van der Waals surface area contributed by atoms with E-state index >= 15 is 0 Å². The number of rotatable bonds is 3. The molecular formula is C18H18N4O2. The van der Waals surface area contributed by atoms with Gasteiger partial charge >= 0.3 is 0 Å². The molecule has 2 heterocycles. The Kier molecular flexibility index (Phi) is 4.09. The van der Waals surface area contributed by atoms with Crippen LogP contribution in [-0.4, -0.2) is 21.8 Å². The number of nitrogens with zero attached hydrogens (tertiary/aromatic N) is 1. The van der Waals surface area contributed by atoms with Crippen LogP contribution in [0.1, 0.15) is 30.6 Å². The van der Waals surface area contributed by atoms with Crippen LogP contribution in [-0.2, 0) is 16.0 Å². The molecular weight excluding hydrogens is 304 g/mol. The fraction of sp³-hybridized carbons (Fsp3) is 0.278. The van der Waals surface area contributed by atoms with E-state index in [-0.39, 0.29) is 11.8 Å². The lowest BCUT2D eigenvalue weighted by Gasteiger charge is -2.18. The third kappa shape index (κ3) is 2.88. The van der Waals surface area contributed by atoms with Crippen LogP contribution in [0.4, 0.5) is 0 Å². The number of aryl methyl sites for hydroxylation is 2. The molecule has 0 aromatic carbocycles. The highest BCUT2D eigenvalue weighted by molar-refractivity contribution is 6.03. The van der Waals surface area contributed by atoms with Crippen LogP contribution in [0.2, 0.25) is 0 Å². The largest absolute Gasteiger partial charge is 0.346 e. The average Bonchev–Trinajstić information content (AvgIpc) is 3.08. The van der Waals surface area contributed by atoms with Gasteiger partial charge in [0.2, 0.25) is 0 Å². The molecule has 6 nitrogen and oxygen atoms in total. The Bertz CT molecular complexity index is 849. The van der Waals surface area contributed by atoms with Gasteiger partial charge in [0.15, 0.2) is 0 Å². The molecule has 2 amide bonds. The predicted octanol–water partition coefficient (Wildman–Crippen LogP) is 1.33. The predicted molar refractivity (Wildman–Crippen MR) is 90.1 cm³/mol. The normalized spacial score (nSPS) is 20.8. The van der Waals surface area contributed by atoms with Crippen LogP contribution in [0.15, 0.2) is 29.1 Å². The second kappa shape index (κ2) is 6.20. The number of hydrogen-bond acceptors (Lipinski definition) is 3. The summed E-state index contributed by atoms with van der Waals surface area (Å²) in [5, 5.41) is 5.53. The van der Waals surface area contributed by atoms with E-state index in [1.165, 1.54) is 0 Å². The molecule has 0 saturated carbocycles. The maximum Gasteiger partial charge on any atom is 0.299 e. The molecule has 1 saturated heterocycles. The third-order valence-corrected chi connectivity index (χ3v) is 4.16. The zero-order valence-corrected chi connectivity index (χ0v) is 13.6. The van der Waals surface area contributed by atoms with Gasteiger partial charge in [-0.15, -0.1) is 6.42 Å². The molecule has 1 aromatic rings. The van der Waals surface area contributed by atoms with E-state index in [0.717, 1.165) is 29.3 Å². The Labute approximate surface area is 140 Å². The van der Waals surface area contributed by atoms with Crippen LogP contribution in [0.5, 0.6) is 0 Å². The number of allylic oxidation sites excluding steroid dienone is 4. The Balaban J connectivity index is 1.89. The fourth-order valence-corrected chi connectivity index (χ4v) is 2.91. The topological polar surface area (TPSA) is 86.9 Å². The number of aromatic nitrogens is 2. The fourth-order valence-electron chi connectivity index (χ4n) is 2.91. The second-order valence-corrected chi connectivity index (χ2v) is 5.77. The third-order valence-electron chi connectivity index (χ3n) is 4.16. The van der Waals surface area contributed by atoms with Crippen molar-refractivity contribution in [3.05, 3.63) is 46.3 Å². The summed E-state index contributed by atoms with van der Waals surface area (Å²) >= 11 is 0. The first-order valence-corrected chi connectivity index (χ1v) is 7.78. The van der Waals surface area contributed by atoms with Crippen molar-refractivity contribution in [3.63, 3.8) is 0 Å². The highest BCUT2D eigenvalue weighted by Crippen LogP contribution is 2.35. The van der Waals surface area contributed by atoms with Gasteiger partial charge in [0.25, 0.3) is 11.8 Å². The summed E-state index contributed by atoms with van der Waals surface area (Å²) in [6.07, 6.45) is 11.8. The van der Waals surface area contributed by atoms with Crippen LogP contribution < -0.4 is 10.6 Å². The first kappa shape index (κ1) is 15.8. The Morgan fingerprint density at radius 2 is 2.33 bits per heavy atom. The molecule has 3 rings (SSSR count). The zero-order valence-electron chi connectivity index (χ0n) is 13.6. The molecule has 1 fully saturated rings. The number of H-pyrrole nitrogens is 1. The summed E-state index contributed by atoms with van der Waals surface area (Å²) < 4.78 is 0. The molecule has 24 heavy (non-hydrogen) atoms. The molecule has 0 bridgehead atoms. The lowest BCUT2D eigenvalue weighted by atomic mass is 9.90. The lowest BCUT2D eigenvalue weighted by molar-refractivity contribution is -0.116. The van der Waals surface area contributed by atoms with E-state index < -0.39 is 5.91 Å². The molecule has 1 unspecified atom stereocenters. The average molecular weight is 322 g/mol. The van der Waals surface area contributed by atoms with Gasteiger partial charge in [-0.2, -0.15) is 0 Å². The minimum atomic E-state index is -0.489. The van der Waals surface area contributed by atoms with E-state index in [0.29, 0.717) is 17.7 Å². The Morgan fingerprint density at radius 3 is 3.00 bits per heavy atom. The van der Waals surface area contributed by atoms with Crippen molar-refractivity contribution in [2.75, 3.05) is 0 Å². The van der Waals surface area contributed by atoms with E-state index in [9.17, 15) is 9.59 Å². The molecule has 1 aliphatic carbocycles. The van der Waals surface area contributed by atoms with Crippen LogP contribution in [0, 0.1) is 25.2 Å². The smallest absolute Gasteiger partial charge is 0.299 e. The molecule has 0 spiro atoms. The van der Waals surface area contributed by atoms with E-state index in [2.05, 4.69) is 20.6 Å². The van der Waals surface area contributed by atoms with Crippen molar-refractivity contribution in [2.45, 2.75) is 26.7 Å². The van der Waals surface area contributed by atoms with Crippen molar-refractivity contribution >= 4 is 17.9 Å². The van der Waals surface area contributed by atoms with E-state index in [1.807, 2.05) is 25.8 Å². The summed E-state index contributed by atoms with van der Waals surface area (Å²) in [4.78, 5) is 31.4. The maximum atomic E-state index is 12.3. The molecule has 3 N–H and O–H groups in total. The van der Waals surface area contributed by atoms with Gasteiger partial charge in [-0.1, -0.05) is 6.92 Å². The highest BCUT2D eigenvalue weighted by atomic mass is 16.2. The number of aromatic amines is 1. The molecule has 0 radical (unpaired) electrons.